The van der Waals surface area contributed by atoms with Crippen LogP contribution >= 0.6 is 11.8 Å². The Hall–Kier alpha value is -3.20. The lowest BCUT2D eigenvalue weighted by atomic mass is 10.1. The lowest BCUT2D eigenvalue weighted by Gasteiger charge is -2.16. The molecule has 144 valence electrons. The topological polar surface area (TPSA) is 92.8 Å². The Morgan fingerprint density at radius 2 is 1.64 bits per heavy atom. The van der Waals surface area contributed by atoms with E-state index in [1.807, 2.05) is 0 Å². The van der Waals surface area contributed by atoms with E-state index in [1.165, 1.54) is 43.3 Å². The van der Waals surface area contributed by atoms with E-state index in [2.05, 4.69) is 5.32 Å². The molecule has 3 rings (SSSR count). The van der Waals surface area contributed by atoms with Gasteiger partial charge in [0.2, 0.25) is 5.91 Å². The highest BCUT2D eigenvalue weighted by molar-refractivity contribution is 8.01. The third kappa shape index (κ3) is 4.20. The molecule has 0 aliphatic carbocycles. The monoisotopic (exact) mass is 402 g/mol. The maximum Gasteiger partial charge on any atom is 0.345 e. The van der Waals surface area contributed by atoms with Gasteiger partial charge in [-0.2, -0.15) is 0 Å². The number of benzene rings is 2. The number of nitrogens with one attached hydrogen (secondary N) is 1. The van der Waals surface area contributed by atoms with Crippen molar-refractivity contribution in [2.75, 3.05) is 11.1 Å². The van der Waals surface area contributed by atoms with Crippen LogP contribution in [0.2, 0.25) is 0 Å². The Labute approximate surface area is 163 Å². The normalized spacial score (nSPS) is 13.9. The lowest BCUT2D eigenvalue weighted by Crippen LogP contribution is -2.35. The summed E-state index contributed by atoms with van der Waals surface area (Å²) < 4.78 is 12.9. The molecule has 0 spiro atoms. The summed E-state index contributed by atoms with van der Waals surface area (Å²) in [6, 6.07) is 11.4. The predicted octanol–water partition coefficient (Wildman–Crippen LogP) is 2.64. The molecule has 2 aromatic rings. The van der Waals surface area contributed by atoms with Crippen molar-refractivity contribution in [2.45, 2.75) is 12.2 Å². The average Bonchev–Trinajstić information content (AvgIpc) is 2.93. The molecule has 1 unspecified atom stereocenters. The van der Waals surface area contributed by atoms with Crippen molar-refractivity contribution in [3.05, 3.63) is 65.5 Å². The second kappa shape index (κ2) is 8.22. The molecule has 9 heteroatoms. The first-order chi connectivity index (χ1) is 13.4. The van der Waals surface area contributed by atoms with E-state index in [1.54, 1.807) is 12.1 Å². The summed E-state index contributed by atoms with van der Waals surface area (Å²) in [5.74, 6) is -3.13. The number of amides is 3. The van der Waals surface area contributed by atoms with E-state index in [0.29, 0.717) is 10.8 Å². The van der Waals surface area contributed by atoms with Gasteiger partial charge in [-0.25, -0.2) is 9.18 Å². The van der Waals surface area contributed by atoms with E-state index in [9.17, 15) is 23.6 Å². The molecule has 3 amide bonds. The summed E-state index contributed by atoms with van der Waals surface area (Å²) in [5, 5.41) is 2.20. The Morgan fingerprint density at radius 3 is 2.21 bits per heavy atom. The summed E-state index contributed by atoms with van der Waals surface area (Å²) >= 11 is 0.975. The number of hydrogen-bond donors (Lipinski definition) is 1. The van der Waals surface area contributed by atoms with Crippen molar-refractivity contribution in [1.29, 1.82) is 0 Å². The average molecular weight is 402 g/mol. The number of anilines is 1. The molecule has 0 fully saturated rings. The predicted molar refractivity (Wildman–Crippen MR) is 100.0 cm³/mol. The van der Waals surface area contributed by atoms with E-state index in [4.69, 9.17) is 4.84 Å². The summed E-state index contributed by atoms with van der Waals surface area (Å²) in [6.07, 6.45) is 0. The largest absolute Gasteiger partial charge is 0.345 e. The lowest BCUT2D eigenvalue weighted by molar-refractivity contribution is -0.167. The van der Waals surface area contributed by atoms with E-state index < -0.39 is 34.8 Å². The first kappa shape index (κ1) is 19.6. The number of nitrogens with zero attached hydrogens (tertiary/aromatic N) is 1. The SMILES string of the molecule is CC(SCC(=O)Nc1ccc(F)cc1)C(=O)ON1C(=O)c2ccccc2C1=O. The quantitative estimate of drug-likeness (QED) is 0.747. The molecule has 0 saturated carbocycles. The molecule has 7 nitrogen and oxygen atoms in total. The van der Waals surface area contributed by atoms with Crippen LogP contribution in [0.5, 0.6) is 0 Å². The molecular weight excluding hydrogens is 387 g/mol. The van der Waals surface area contributed by atoms with Crippen LogP contribution < -0.4 is 5.32 Å². The summed E-state index contributed by atoms with van der Waals surface area (Å²) in [4.78, 5) is 53.4. The van der Waals surface area contributed by atoms with Crippen LogP contribution in [0.4, 0.5) is 10.1 Å². The Balaban J connectivity index is 1.51. The molecule has 1 atom stereocenters. The second-order valence-corrected chi connectivity index (χ2v) is 7.20. The summed E-state index contributed by atoms with van der Waals surface area (Å²) in [7, 11) is 0. The number of halogens is 1. The van der Waals surface area contributed by atoms with E-state index in [0.717, 1.165) is 11.8 Å². The smallest absolute Gasteiger partial charge is 0.328 e. The molecule has 1 aliphatic heterocycles. The molecule has 0 bridgehead atoms. The number of imide groups is 1. The van der Waals surface area contributed by atoms with Crippen molar-refractivity contribution in [3.8, 4) is 0 Å². The maximum atomic E-state index is 12.9. The van der Waals surface area contributed by atoms with Gasteiger partial charge >= 0.3 is 5.97 Å². The van der Waals surface area contributed by atoms with Gasteiger partial charge in [0.25, 0.3) is 11.8 Å². The molecular formula is C19H15FN2O5S. The number of rotatable bonds is 6. The van der Waals surface area contributed by atoms with Gasteiger partial charge < -0.3 is 10.2 Å². The minimum absolute atomic E-state index is 0.0736. The van der Waals surface area contributed by atoms with Gasteiger partial charge in [-0.1, -0.05) is 17.2 Å². The van der Waals surface area contributed by atoms with Crippen molar-refractivity contribution in [3.63, 3.8) is 0 Å². The second-order valence-electron chi connectivity index (χ2n) is 5.87. The van der Waals surface area contributed by atoms with Crippen LogP contribution in [0.1, 0.15) is 27.6 Å². The zero-order valence-electron chi connectivity index (χ0n) is 14.7. The van der Waals surface area contributed by atoms with Crippen LogP contribution in [-0.4, -0.2) is 39.8 Å². The minimum atomic E-state index is -0.825. The first-order valence-electron chi connectivity index (χ1n) is 8.23. The van der Waals surface area contributed by atoms with Crippen LogP contribution in [-0.2, 0) is 14.4 Å². The van der Waals surface area contributed by atoms with Gasteiger partial charge in [0.15, 0.2) is 0 Å². The van der Waals surface area contributed by atoms with Gasteiger partial charge in [-0.3, -0.25) is 14.4 Å². The molecule has 1 heterocycles. The Kier molecular flexibility index (Phi) is 5.74. The molecule has 28 heavy (non-hydrogen) atoms. The first-order valence-corrected chi connectivity index (χ1v) is 9.28. The molecule has 0 radical (unpaired) electrons. The molecule has 0 aromatic heterocycles. The number of carbonyl (C=O) groups is 4. The number of carbonyl (C=O) groups excluding carboxylic acids is 4. The zero-order chi connectivity index (χ0) is 20.3. The van der Waals surface area contributed by atoms with Crippen LogP contribution in [0, 0.1) is 5.82 Å². The Morgan fingerprint density at radius 1 is 1.07 bits per heavy atom. The van der Waals surface area contributed by atoms with Crippen molar-refractivity contribution < 1.29 is 28.4 Å². The molecule has 2 aromatic carbocycles. The number of hydrogen-bond acceptors (Lipinski definition) is 6. The minimum Gasteiger partial charge on any atom is -0.328 e. The van der Waals surface area contributed by atoms with Gasteiger partial charge in [0.05, 0.1) is 16.9 Å². The fourth-order valence-electron chi connectivity index (χ4n) is 2.41. The molecule has 0 saturated heterocycles. The fourth-order valence-corrected chi connectivity index (χ4v) is 3.07. The maximum absolute atomic E-state index is 12.9. The highest BCUT2D eigenvalue weighted by Gasteiger charge is 2.39. The molecule has 1 aliphatic rings. The van der Waals surface area contributed by atoms with Crippen LogP contribution in [0.25, 0.3) is 0 Å². The fraction of sp³-hybridized carbons (Fsp3) is 0.158. The third-order valence-corrected chi connectivity index (χ3v) is 4.98. The zero-order valence-corrected chi connectivity index (χ0v) is 15.5. The van der Waals surface area contributed by atoms with Gasteiger partial charge in [0.1, 0.15) is 11.1 Å². The van der Waals surface area contributed by atoms with Crippen molar-refractivity contribution in [1.82, 2.24) is 5.06 Å². The highest BCUT2D eigenvalue weighted by Crippen LogP contribution is 2.24. The standard InChI is InChI=1S/C19H15FN2O5S/c1-11(28-10-16(23)21-13-8-6-12(20)7-9-13)19(26)27-22-17(24)14-4-2-3-5-15(14)18(22)25/h2-9,11H,10H2,1H3,(H,21,23). The Bertz CT molecular complexity index is 913. The van der Waals surface area contributed by atoms with Crippen molar-refractivity contribution >= 4 is 41.1 Å². The van der Waals surface area contributed by atoms with Gasteiger partial charge in [-0.15, -0.1) is 11.8 Å². The van der Waals surface area contributed by atoms with E-state index >= 15 is 0 Å². The van der Waals surface area contributed by atoms with Crippen LogP contribution in [0.3, 0.4) is 0 Å². The number of fused-ring (bicyclic) bond motifs is 1. The van der Waals surface area contributed by atoms with Crippen LogP contribution in [0.15, 0.2) is 48.5 Å². The number of thioether (sulfide) groups is 1. The molecule has 1 N–H and O–H groups in total. The van der Waals surface area contributed by atoms with Crippen molar-refractivity contribution in [2.24, 2.45) is 0 Å². The van der Waals surface area contributed by atoms with Gasteiger partial charge in [0, 0.05) is 5.69 Å². The van der Waals surface area contributed by atoms with Gasteiger partial charge in [-0.05, 0) is 43.3 Å². The van der Waals surface area contributed by atoms with E-state index in [-0.39, 0.29) is 16.9 Å². The summed E-state index contributed by atoms with van der Waals surface area (Å²) in [5.41, 5.74) is 0.756. The number of hydroxylamine groups is 2. The summed E-state index contributed by atoms with van der Waals surface area (Å²) in [6.45, 7) is 1.50. The third-order valence-electron chi connectivity index (χ3n) is 3.86. The highest BCUT2D eigenvalue weighted by atomic mass is 32.2.